The molecule has 0 bridgehead atoms. The van der Waals surface area contributed by atoms with Crippen molar-refractivity contribution in [2.45, 2.75) is 25.3 Å². The van der Waals surface area contributed by atoms with Crippen molar-refractivity contribution in [3.63, 3.8) is 0 Å². The summed E-state index contributed by atoms with van der Waals surface area (Å²) in [6.07, 6.45) is -7.95. The maximum absolute atomic E-state index is 12.9. The Kier molecular flexibility index (Phi) is 5.88. The van der Waals surface area contributed by atoms with E-state index in [1.807, 2.05) is 0 Å². The third-order valence-electron chi connectivity index (χ3n) is 2.46. The highest BCUT2D eigenvalue weighted by Crippen LogP contribution is 2.37. The summed E-state index contributed by atoms with van der Waals surface area (Å²) in [5.74, 6) is -0.198. The summed E-state index contributed by atoms with van der Waals surface area (Å²) < 4.78 is 38.6. The average Bonchev–Trinajstić information content (AvgIpc) is 2.33. The van der Waals surface area contributed by atoms with Crippen LogP contribution in [0.1, 0.15) is 24.2 Å². The van der Waals surface area contributed by atoms with Crippen LogP contribution in [0, 0.1) is 0 Å². The van der Waals surface area contributed by atoms with Gasteiger partial charge in [-0.3, -0.25) is 4.79 Å². The lowest BCUT2D eigenvalue weighted by atomic mass is 9.99. The molecule has 0 aliphatic carbocycles. The van der Waals surface area contributed by atoms with Gasteiger partial charge in [-0.25, -0.2) is 0 Å². The fraction of sp³-hybridized carbons (Fsp3) is 0.417. The van der Waals surface area contributed by atoms with Gasteiger partial charge in [0.1, 0.15) is 6.10 Å². The van der Waals surface area contributed by atoms with Crippen LogP contribution in [0.3, 0.4) is 0 Å². The lowest BCUT2D eigenvalue weighted by Crippen LogP contribution is -2.24. The largest absolute Gasteiger partial charge is 0.416 e. The minimum Gasteiger partial charge on any atom is -0.389 e. The number of carbonyl (C=O) groups is 1. The van der Waals surface area contributed by atoms with E-state index >= 15 is 0 Å². The first-order valence-corrected chi connectivity index (χ1v) is 6.85. The van der Waals surface area contributed by atoms with Gasteiger partial charge in [0.25, 0.3) is 0 Å². The fourth-order valence-electron chi connectivity index (χ4n) is 1.53. The molecule has 0 aliphatic heterocycles. The summed E-state index contributed by atoms with van der Waals surface area (Å²) in [6.45, 7) is 1.26. The summed E-state index contributed by atoms with van der Waals surface area (Å²) in [4.78, 5) is 10.8. The molecule has 0 radical (unpaired) electrons. The standard InChI is InChI=1S/C12H12ClF3O3S/c1-6(17)20-5-10(18)11(19)8-3-2-7(13)4-9(8)12(14,15)16/h2-4,10-11,18-19H,5H2,1H3. The van der Waals surface area contributed by atoms with Gasteiger partial charge in [-0.1, -0.05) is 29.4 Å². The number of hydrogen-bond donors (Lipinski definition) is 2. The molecular weight excluding hydrogens is 317 g/mol. The molecule has 0 aliphatic rings. The Morgan fingerprint density at radius 3 is 2.50 bits per heavy atom. The van der Waals surface area contributed by atoms with Gasteiger partial charge in [0.05, 0.1) is 11.7 Å². The number of alkyl halides is 3. The summed E-state index contributed by atoms with van der Waals surface area (Å²) in [5.41, 5.74) is -1.58. The zero-order valence-corrected chi connectivity index (χ0v) is 11.9. The Bertz CT molecular complexity index is 493. The molecule has 3 nitrogen and oxygen atoms in total. The Balaban J connectivity index is 3.03. The van der Waals surface area contributed by atoms with Crippen LogP contribution in [0.25, 0.3) is 0 Å². The maximum atomic E-state index is 12.9. The highest BCUT2D eigenvalue weighted by atomic mass is 35.5. The van der Waals surface area contributed by atoms with Crippen molar-refractivity contribution in [2.24, 2.45) is 0 Å². The Morgan fingerprint density at radius 2 is 2.00 bits per heavy atom. The van der Waals surface area contributed by atoms with E-state index in [-0.39, 0.29) is 15.9 Å². The molecule has 112 valence electrons. The zero-order chi connectivity index (χ0) is 15.5. The predicted octanol–water partition coefficient (Wildman–Crippen LogP) is 3.03. The van der Waals surface area contributed by atoms with E-state index < -0.39 is 29.5 Å². The van der Waals surface area contributed by atoms with E-state index in [4.69, 9.17) is 11.6 Å². The molecule has 2 unspecified atom stereocenters. The Morgan fingerprint density at radius 1 is 1.40 bits per heavy atom. The molecular formula is C12H12ClF3O3S. The first-order chi connectivity index (χ1) is 9.12. The summed E-state index contributed by atoms with van der Waals surface area (Å²) in [6, 6.07) is 2.89. The zero-order valence-electron chi connectivity index (χ0n) is 10.3. The number of carbonyl (C=O) groups excluding carboxylic acids is 1. The maximum Gasteiger partial charge on any atom is 0.416 e. The molecule has 20 heavy (non-hydrogen) atoms. The molecule has 1 aromatic rings. The number of thioether (sulfide) groups is 1. The molecule has 0 saturated carbocycles. The van der Waals surface area contributed by atoms with Gasteiger partial charge in [0.15, 0.2) is 5.12 Å². The first-order valence-electron chi connectivity index (χ1n) is 5.49. The molecule has 2 N–H and O–H groups in total. The Labute approximate surface area is 122 Å². The molecule has 0 saturated heterocycles. The molecule has 0 fully saturated rings. The summed E-state index contributed by atoms with van der Waals surface area (Å²) >= 11 is 6.24. The molecule has 0 spiro atoms. The number of rotatable bonds is 4. The van der Waals surface area contributed by atoms with Crippen LogP contribution < -0.4 is 0 Å². The minimum atomic E-state index is -4.70. The highest BCUT2D eigenvalue weighted by Gasteiger charge is 2.36. The van der Waals surface area contributed by atoms with E-state index in [0.717, 1.165) is 17.8 Å². The van der Waals surface area contributed by atoms with Crippen LogP contribution in [0.5, 0.6) is 0 Å². The topological polar surface area (TPSA) is 57.5 Å². The second-order valence-corrected chi connectivity index (χ2v) is 5.68. The monoisotopic (exact) mass is 328 g/mol. The van der Waals surface area contributed by atoms with Crippen LogP contribution >= 0.6 is 23.4 Å². The van der Waals surface area contributed by atoms with Crippen molar-refractivity contribution >= 4 is 28.5 Å². The van der Waals surface area contributed by atoms with E-state index in [9.17, 15) is 28.2 Å². The van der Waals surface area contributed by atoms with Crippen LogP contribution in [-0.4, -0.2) is 27.2 Å². The third-order valence-corrected chi connectivity index (χ3v) is 3.61. The van der Waals surface area contributed by atoms with E-state index in [1.54, 1.807) is 0 Å². The first kappa shape index (κ1) is 17.3. The van der Waals surface area contributed by atoms with Crippen molar-refractivity contribution in [1.82, 2.24) is 0 Å². The second-order valence-electron chi connectivity index (χ2n) is 4.04. The van der Waals surface area contributed by atoms with Gasteiger partial charge >= 0.3 is 6.18 Å². The van der Waals surface area contributed by atoms with Crippen LogP contribution in [0.4, 0.5) is 13.2 Å². The van der Waals surface area contributed by atoms with Gasteiger partial charge < -0.3 is 10.2 Å². The van der Waals surface area contributed by atoms with Crippen LogP contribution in [0.2, 0.25) is 5.02 Å². The molecule has 8 heteroatoms. The van der Waals surface area contributed by atoms with Gasteiger partial charge in [0.2, 0.25) is 0 Å². The minimum absolute atomic E-state index is 0.124. The molecule has 0 heterocycles. The number of aliphatic hydroxyl groups is 2. The number of hydrogen-bond acceptors (Lipinski definition) is 4. The van der Waals surface area contributed by atoms with Crippen molar-refractivity contribution < 1.29 is 28.2 Å². The highest BCUT2D eigenvalue weighted by molar-refractivity contribution is 8.13. The van der Waals surface area contributed by atoms with Gasteiger partial charge in [0, 0.05) is 17.7 Å². The van der Waals surface area contributed by atoms with Crippen LogP contribution in [0.15, 0.2) is 18.2 Å². The molecule has 0 amide bonds. The van der Waals surface area contributed by atoms with E-state index in [0.29, 0.717) is 6.07 Å². The van der Waals surface area contributed by atoms with Crippen molar-refractivity contribution in [1.29, 1.82) is 0 Å². The lowest BCUT2D eigenvalue weighted by Gasteiger charge is -2.21. The lowest BCUT2D eigenvalue weighted by molar-refractivity contribution is -0.139. The fourth-order valence-corrected chi connectivity index (χ4v) is 2.29. The molecule has 1 rings (SSSR count). The van der Waals surface area contributed by atoms with Crippen molar-refractivity contribution in [3.05, 3.63) is 34.3 Å². The molecule has 2 atom stereocenters. The van der Waals surface area contributed by atoms with Gasteiger partial charge in [-0.05, 0) is 17.7 Å². The van der Waals surface area contributed by atoms with Gasteiger partial charge in [-0.2, -0.15) is 13.2 Å². The molecule has 0 aromatic heterocycles. The van der Waals surface area contributed by atoms with Crippen molar-refractivity contribution in [2.75, 3.05) is 5.75 Å². The normalized spacial score (nSPS) is 14.9. The summed E-state index contributed by atoms with van der Waals surface area (Å²) in [7, 11) is 0. The number of aliphatic hydroxyl groups excluding tert-OH is 2. The number of halogens is 4. The Hall–Kier alpha value is -0.760. The van der Waals surface area contributed by atoms with Gasteiger partial charge in [-0.15, -0.1) is 0 Å². The quantitative estimate of drug-likeness (QED) is 0.892. The predicted molar refractivity (Wildman–Crippen MR) is 70.6 cm³/mol. The SMILES string of the molecule is CC(=O)SCC(O)C(O)c1ccc(Cl)cc1C(F)(F)F. The van der Waals surface area contributed by atoms with E-state index in [1.165, 1.54) is 13.0 Å². The smallest absolute Gasteiger partial charge is 0.389 e. The summed E-state index contributed by atoms with van der Waals surface area (Å²) in [5, 5.41) is 19.0. The number of benzene rings is 1. The average molecular weight is 329 g/mol. The second kappa shape index (κ2) is 6.80. The van der Waals surface area contributed by atoms with Crippen LogP contribution in [-0.2, 0) is 11.0 Å². The van der Waals surface area contributed by atoms with E-state index in [2.05, 4.69) is 0 Å². The molecule has 1 aromatic carbocycles. The van der Waals surface area contributed by atoms with Crippen molar-refractivity contribution in [3.8, 4) is 0 Å². The third kappa shape index (κ3) is 4.66.